The summed E-state index contributed by atoms with van der Waals surface area (Å²) in [5.74, 6) is -0.0106. The molecule has 0 unspecified atom stereocenters. The highest BCUT2D eigenvalue weighted by Gasteiger charge is 2.25. The molecule has 1 amide bonds. The Morgan fingerprint density at radius 3 is 2.62 bits per heavy atom. The largest absolute Gasteiger partial charge is 0.460 e. The van der Waals surface area contributed by atoms with Crippen molar-refractivity contribution >= 4 is 11.9 Å². The number of nitrogens with one attached hydrogen (secondary N) is 1. The summed E-state index contributed by atoms with van der Waals surface area (Å²) in [7, 11) is 0. The zero-order chi connectivity index (χ0) is 15.5. The number of hydrogen-bond donors (Lipinski definition) is 1. The van der Waals surface area contributed by atoms with Gasteiger partial charge in [-0.25, -0.2) is 0 Å². The van der Waals surface area contributed by atoms with Crippen LogP contribution in [0.4, 0.5) is 0 Å². The molecule has 4 nitrogen and oxygen atoms in total. The minimum absolute atomic E-state index is 0.0924. The van der Waals surface area contributed by atoms with Crippen LogP contribution in [0.1, 0.15) is 50.7 Å². The van der Waals surface area contributed by atoms with Crippen molar-refractivity contribution in [2.45, 2.75) is 51.6 Å². The maximum absolute atomic E-state index is 11.8. The van der Waals surface area contributed by atoms with Gasteiger partial charge in [-0.2, -0.15) is 0 Å². The van der Waals surface area contributed by atoms with Gasteiger partial charge in [-0.1, -0.05) is 24.3 Å². The van der Waals surface area contributed by atoms with Crippen molar-refractivity contribution in [2.24, 2.45) is 0 Å². The van der Waals surface area contributed by atoms with Crippen molar-refractivity contribution in [2.75, 3.05) is 6.54 Å². The minimum atomic E-state index is -0.497. The van der Waals surface area contributed by atoms with Gasteiger partial charge in [-0.3, -0.25) is 9.59 Å². The predicted molar refractivity (Wildman–Crippen MR) is 81.0 cm³/mol. The molecule has 2 rings (SSSR count). The van der Waals surface area contributed by atoms with Gasteiger partial charge in [-0.15, -0.1) is 0 Å². The van der Waals surface area contributed by atoms with E-state index in [-0.39, 0.29) is 24.7 Å². The lowest BCUT2D eigenvalue weighted by Gasteiger charge is -2.30. The number of carbonyl (C=O) groups is 2. The van der Waals surface area contributed by atoms with Crippen LogP contribution >= 0.6 is 0 Å². The Morgan fingerprint density at radius 2 is 1.95 bits per heavy atom. The van der Waals surface area contributed by atoms with E-state index in [1.165, 1.54) is 11.1 Å². The summed E-state index contributed by atoms with van der Waals surface area (Å²) in [6.45, 7) is 6.10. The molecule has 0 heterocycles. The first-order valence-electron chi connectivity index (χ1n) is 7.41. The highest BCUT2D eigenvalue weighted by atomic mass is 16.6. The van der Waals surface area contributed by atoms with E-state index in [2.05, 4.69) is 17.4 Å². The van der Waals surface area contributed by atoms with E-state index >= 15 is 0 Å². The first kappa shape index (κ1) is 15.5. The van der Waals surface area contributed by atoms with Gasteiger partial charge in [0, 0.05) is 18.9 Å². The standard InChI is InChI=1S/C17H23NO3/c1-17(2,3)21-16(20)9-8-15(19)18-11-13-10-12-6-4-5-7-14(12)13/h4-7,13H,8-11H2,1-3H3,(H,18,19)/t13-/m1/s1. The second-order valence-electron chi connectivity index (χ2n) is 6.49. The van der Waals surface area contributed by atoms with E-state index in [0.717, 1.165) is 6.42 Å². The van der Waals surface area contributed by atoms with Crippen molar-refractivity contribution in [3.05, 3.63) is 35.4 Å². The van der Waals surface area contributed by atoms with Crippen LogP contribution in [0.3, 0.4) is 0 Å². The number of amides is 1. The number of ether oxygens (including phenoxy) is 1. The van der Waals surface area contributed by atoms with E-state index in [9.17, 15) is 9.59 Å². The molecular weight excluding hydrogens is 266 g/mol. The topological polar surface area (TPSA) is 55.4 Å². The number of rotatable bonds is 5. The van der Waals surface area contributed by atoms with Crippen LogP contribution in [0.5, 0.6) is 0 Å². The highest BCUT2D eigenvalue weighted by molar-refractivity contribution is 5.81. The van der Waals surface area contributed by atoms with Crippen molar-refractivity contribution in [1.82, 2.24) is 5.32 Å². The molecule has 4 heteroatoms. The number of benzene rings is 1. The van der Waals surface area contributed by atoms with Crippen molar-refractivity contribution in [1.29, 1.82) is 0 Å². The fraction of sp³-hybridized carbons (Fsp3) is 0.529. The van der Waals surface area contributed by atoms with Gasteiger partial charge in [0.15, 0.2) is 0 Å². The number of esters is 1. The van der Waals surface area contributed by atoms with E-state index in [1.54, 1.807) is 0 Å². The lowest BCUT2D eigenvalue weighted by Crippen LogP contribution is -2.33. The van der Waals surface area contributed by atoms with Crippen LogP contribution in [-0.4, -0.2) is 24.0 Å². The molecule has 21 heavy (non-hydrogen) atoms. The van der Waals surface area contributed by atoms with Gasteiger partial charge in [0.1, 0.15) is 5.60 Å². The Morgan fingerprint density at radius 1 is 1.24 bits per heavy atom. The summed E-state index contributed by atoms with van der Waals surface area (Å²) in [5.41, 5.74) is 2.19. The van der Waals surface area contributed by atoms with Gasteiger partial charge < -0.3 is 10.1 Å². The molecule has 0 saturated carbocycles. The lowest BCUT2D eigenvalue weighted by atomic mass is 9.77. The van der Waals surface area contributed by atoms with Crippen LogP contribution in [-0.2, 0) is 20.7 Å². The third-order valence-corrected chi connectivity index (χ3v) is 3.48. The highest BCUT2D eigenvalue weighted by Crippen LogP contribution is 2.33. The molecule has 0 bridgehead atoms. The first-order valence-corrected chi connectivity index (χ1v) is 7.41. The molecule has 0 spiro atoms. The zero-order valence-corrected chi connectivity index (χ0v) is 12.9. The zero-order valence-electron chi connectivity index (χ0n) is 12.9. The molecule has 1 aliphatic rings. The lowest BCUT2D eigenvalue weighted by molar-refractivity contribution is -0.155. The summed E-state index contributed by atoms with van der Waals surface area (Å²) < 4.78 is 5.17. The van der Waals surface area contributed by atoms with Gasteiger partial charge in [0.25, 0.3) is 0 Å². The van der Waals surface area contributed by atoms with E-state index in [4.69, 9.17) is 4.74 Å². The van der Waals surface area contributed by atoms with Crippen LogP contribution in [0.15, 0.2) is 24.3 Å². The maximum atomic E-state index is 11.8. The Hall–Kier alpha value is -1.84. The van der Waals surface area contributed by atoms with Gasteiger partial charge in [0.2, 0.25) is 5.91 Å². The molecule has 114 valence electrons. The molecule has 0 radical (unpaired) electrons. The van der Waals surface area contributed by atoms with Crippen molar-refractivity contribution < 1.29 is 14.3 Å². The molecular formula is C17H23NO3. The smallest absolute Gasteiger partial charge is 0.306 e. The third-order valence-electron chi connectivity index (χ3n) is 3.48. The summed E-state index contributed by atoms with van der Waals surface area (Å²) in [4.78, 5) is 23.3. The molecule has 1 aromatic rings. The second-order valence-corrected chi connectivity index (χ2v) is 6.49. The Balaban J connectivity index is 1.66. The minimum Gasteiger partial charge on any atom is -0.460 e. The van der Waals surface area contributed by atoms with Crippen molar-refractivity contribution in [3.63, 3.8) is 0 Å². The van der Waals surface area contributed by atoms with E-state index in [1.807, 2.05) is 32.9 Å². The van der Waals surface area contributed by atoms with Crippen LogP contribution in [0.25, 0.3) is 0 Å². The molecule has 1 N–H and O–H groups in total. The predicted octanol–water partition coefficient (Wildman–Crippen LogP) is 2.56. The summed E-state index contributed by atoms with van der Waals surface area (Å²) in [6, 6.07) is 8.29. The second kappa shape index (κ2) is 6.29. The van der Waals surface area contributed by atoms with E-state index < -0.39 is 5.60 Å². The molecule has 0 saturated heterocycles. The molecule has 1 aliphatic carbocycles. The average molecular weight is 289 g/mol. The van der Waals surface area contributed by atoms with E-state index in [0.29, 0.717) is 12.5 Å². The average Bonchev–Trinajstić information content (AvgIpc) is 2.35. The molecule has 0 aromatic heterocycles. The molecule has 0 aliphatic heterocycles. The number of carbonyl (C=O) groups excluding carboxylic acids is 2. The monoisotopic (exact) mass is 289 g/mol. The Kier molecular flexibility index (Phi) is 4.66. The van der Waals surface area contributed by atoms with Gasteiger partial charge in [0.05, 0.1) is 6.42 Å². The van der Waals surface area contributed by atoms with Crippen LogP contribution < -0.4 is 5.32 Å². The molecule has 0 fully saturated rings. The van der Waals surface area contributed by atoms with Crippen LogP contribution in [0.2, 0.25) is 0 Å². The molecule has 1 atom stereocenters. The van der Waals surface area contributed by atoms with Crippen molar-refractivity contribution in [3.8, 4) is 0 Å². The van der Waals surface area contributed by atoms with Gasteiger partial charge in [-0.05, 0) is 38.3 Å². The fourth-order valence-corrected chi connectivity index (χ4v) is 2.48. The fourth-order valence-electron chi connectivity index (χ4n) is 2.48. The SMILES string of the molecule is CC(C)(C)OC(=O)CCC(=O)NC[C@H]1Cc2ccccc21. The van der Waals surface area contributed by atoms with Crippen LogP contribution in [0, 0.1) is 0 Å². The normalized spacial score (nSPS) is 16.6. The summed E-state index contributed by atoms with van der Waals surface area (Å²) >= 11 is 0. The first-order chi connectivity index (χ1) is 9.85. The number of hydrogen-bond acceptors (Lipinski definition) is 3. The quantitative estimate of drug-likeness (QED) is 0.848. The Bertz CT molecular complexity index is 531. The summed E-state index contributed by atoms with van der Waals surface area (Å²) in [5, 5.41) is 2.90. The molecule has 1 aromatic carbocycles. The summed E-state index contributed by atoms with van der Waals surface area (Å²) in [6.07, 6.45) is 1.33. The Labute approximate surface area is 125 Å². The maximum Gasteiger partial charge on any atom is 0.306 e. The third kappa shape index (κ3) is 4.59. The van der Waals surface area contributed by atoms with Gasteiger partial charge >= 0.3 is 5.97 Å². The number of fused-ring (bicyclic) bond motifs is 1.